The average Bonchev–Trinajstić information content (AvgIpc) is 3.08. The summed E-state index contributed by atoms with van der Waals surface area (Å²) in [5, 5.41) is 24.3. The number of nitriles is 1. The van der Waals surface area contributed by atoms with Crippen molar-refractivity contribution in [2.24, 2.45) is 5.92 Å². The fraction of sp³-hybridized carbons (Fsp3) is 0.500. The summed E-state index contributed by atoms with van der Waals surface area (Å²) >= 11 is 1.24. The molecule has 0 fully saturated rings. The Morgan fingerprint density at radius 2 is 1.96 bits per heavy atom. The second-order valence-corrected chi connectivity index (χ2v) is 7.87. The van der Waals surface area contributed by atoms with E-state index < -0.39 is 5.54 Å². The SMILES string of the molecule is CC(C)c1ccc(-n2nnnc2SCC(=O)N[C@@](C)(C#N)C(C)C)cc1. The highest BCUT2D eigenvalue weighted by molar-refractivity contribution is 7.99. The molecule has 26 heavy (non-hydrogen) atoms. The molecule has 1 aromatic carbocycles. The number of nitrogens with one attached hydrogen (secondary N) is 1. The van der Waals surface area contributed by atoms with Crippen molar-refractivity contribution >= 4 is 17.7 Å². The first-order valence-electron chi connectivity index (χ1n) is 8.50. The molecule has 0 spiro atoms. The van der Waals surface area contributed by atoms with E-state index >= 15 is 0 Å². The van der Waals surface area contributed by atoms with E-state index in [2.05, 4.69) is 40.8 Å². The molecule has 0 aliphatic heterocycles. The van der Waals surface area contributed by atoms with Gasteiger partial charge in [-0.15, -0.1) is 5.10 Å². The van der Waals surface area contributed by atoms with Crippen molar-refractivity contribution in [3.05, 3.63) is 29.8 Å². The number of hydrogen-bond donors (Lipinski definition) is 1. The largest absolute Gasteiger partial charge is 0.337 e. The van der Waals surface area contributed by atoms with Gasteiger partial charge in [0.25, 0.3) is 0 Å². The number of aromatic nitrogens is 4. The Kier molecular flexibility index (Phi) is 6.37. The molecule has 0 aliphatic rings. The van der Waals surface area contributed by atoms with Crippen LogP contribution >= 0.6 is 11.8 Å². The van der Waals surface area contributed by atoms with Crippen LogP contribution < -0.4 is 5.32 Å². The van der Waals surface area contributed by atoms with Gasteiger partial charge in [-0.3, -0.25) is 4.79 Å². The van der Waals surface area contributed by atoms with Crippen LogP contribution in [0.3, 0.4) is 0 Å². The molecule has 0 bridgehead atoms. The summed E-state index contributed by atoms with van der Waals surface area (Å²) in [6.07, 6.45) is 0. The van der Waals surface area contributed by atoms with Gasteiger partial charge < -0.3 is 5.32 Å². The molecule has 1 N–H and O–H groups in total. The van der Waals surface area contributed by atoms with Crippen LogP contribution in [0.1, 0.15) is 46.1 Å². The Bertz CT molecular complexity index is 793. The summed E-state index contributed by atoms with van der Waals surface area (Å²) in [5.41, 5.74) is 1.18. The van der Waals surface area contributed by atoms with Crippen molar-refractivity contribution in [3.63, 3.8) is 0 Å². The quantitative estimate of drug-likeness (QED) is 0.751. The summed E-state index contributed by atoms with van der Waals surface area (Å²) in [6, 6.07) is 10.2. The molecule has 2 aromatic rings. The molecule has 0 aliphatic carbocycles. The van der Waals surface area contributed by atoms with Gasteiger partial charge in [-0.1, -0.05) is 51.6 Å². The topological polar surface area (TPSA) is 96.5 Å². The van der Waals surface area contributed by atoms with Crippen molar-refractivity contribution in [1.82, 2.24) is 25.5 Å². The zero-order valence-corrected chi connectivity index (χ0v) is 16.5. The highest BCUT2D eigenvalue weighted by Crippen LogP contribution is 2.21. The lowest BCUT2D eigenvalue weighted by atomic mass is 9.90. The van der Waals surface area contributed by atoms with Crippen molar-refractivity contribution < 1.29 is 4.79 Å². The van der Waals surface area contributed by atoms with Crippen molar-refractivity contribution in [1.29, 1.82) is 5.26 Å². The molecule has 1 heterocycles. The van der Waals surface area contributed by atoms with Gasteiger partial charge in [-0.2, -0.15) is 9.94 Å². The van der Waals surface area contributed by atoms with E-state index in [-0.39, 0.29) is 17.6 Å². The molecule has 1 atom stereocenters. The van der Waals surface area contributed by atoms with E-state index in [9.17, 15) is 10.1 Å². The monoisotopic (exact) mass is 372 g/mol. The number of tetrazole rings is 1. The minimum atomic E-state index is -0.893. The van der Waals surface area contributed by atoms with Crippen LogP contribution in [0.5, 0.6) is 0 Å². The zero-order valence-electron chi connectivity index (χ0n) is 15.7. The fourth-order valence-electron chi connectivity index (χ4n) is 2.19. The van der Waals surface area contributed by atoms with Crippen molar-refractivity contribution in [2.45, 2.75) is 51.2 Å². The molecular formula is C18H24N6OS. The zero-order chi connectivity index (χ0) is 19.3. The van der Waals surface area contributed by atoms with Crippen LogP contribution in [0.15, 0.2) is 29.4 Å². The minimum absolute atomic E-state index is 0.00578. The van der Waals surface area contributed by atoms with Gasteiger partial charge in [0.2, 0.25) is 11.1 Å². The Morgan fingerprint density at radius 1 is 1.31 bits per heavy atom. The van der Waals surface area contributed by atoms with Gasteiger partial charge in [0.05, 0.1) is 17.5 Å². The third-order valence-corrected chi connectivity index (χ3v) is 5.28. The number of carbonyl (C=O) groups excluding carboxylic acids is 1. The van der Waals surface area contributed by atoms with E-state index in [1.165, 1.54) is 17.3 Å². The van der Waals surface area contributed by atoms with Gasteiger partial charge in [-0.05, 0) is 46.9 Å². The smallest absolute Gasteiger partial charge is 0.231 e. The van der Waals surface area contributed by atoms with Crippen LogP contribution in [0.4, 0.5) is 0 Å². The van der Waals surface area contributed by atoms with Gasteiger partial charge in [0.15, 0.2) is 0 Å². The third kappa shape index (κ3) is 4.61. The standard InChI is InChI=1S/C18H24N6OS/c1-12(2)14-6-8-15(9-7-14)24-17(21-22-23-24)26-10-16(25)20-18(5,11-19)13(3)4/h6-9,12-13H,10H2,1-5H3,(H,20,25)/t18-/m0/s1. The summed E-state index contributed by atoms with van der Waals surface area (Å²) in [6.45, 7) is 9.80. The lowest BCUT2D eigenvalue weighted by molar-refractivity contribution is -0.120. The first kappa shape index (κ1) is 19.9. The van der Waals surface area contributed by atoms with E-state index in [0.29, 0.717) is 11.1 Å². The molecule has 0 radical (unpaired) electrons. The Hall–Kier alpha value is -2.40. The molecule has 8 heteroatoms. The molecule has 138 valence electrons. The van der Waals surface area contributed by atoms with Crippen LogP contribution in [0.25, 0.3) is 5.69 Å². The first-order valence-corrected chi connectivity index (χ1v) is 9.49. The molecule has 1 amide bonds. The normalized spacial score (nSPS) is 13.5. The second-order valence-electron chi connectivity index (χ2n) is 6.93. The maximum atomic E-state index is 12.2. The minimum Gasteiger partial charge on any atom is -0.337 e. The molecule has 1 aromatic heterocycles. The number of hydrogen-bond acceptors (Lipinski definition) is 6. The molecular weight excluding hydrogens is 348 g/mol. The van der Waals surface area contributed by atoms with Crippen LogP contribution in [-0.4, -0.2) is 37.4 Å². The third-order valence-electron chi connectivity index (χ3n) is 4.36. The number of rotatable bonds is 7. The van der Waals surface area contributed by atoms with E-state index in [4.69, 9.17) is 0 Å². The molecule has 7 nitrogen and oxygen atoms in total. The van der Waals surface area contributed by atoms with E-state index in [1.807, 2.05) is 38.1 Å². The predicted molar refractivity (Wildman–Crippen MR) is 101 cm³/mol. The molecule has 2 rings (SSSR count). The highest BCUT2D eigenvalue weighted by Gasteiger charge is 2.30. The lowest BCUT2D eigenvalue weighted by Gasteiger charge is -2.27. The van der Waals surface area contributed by atoms with E-state index in [0.717, 1.165) is 5.69 Å². The summed E-state index contributed by atoms with van der Waals surface area (Å²) in [4.78, 5) is 12.2. The first-order chi connectivity index (χ1) is 12.3. The number of nitrogens with zero attached hydrogens (tertiary/aromatic N) is 5. The second kappa shape index (κ2) is 8.32. The molecule has 0 unspecified atom stereocenters. The number of carbonyl (C=O) groups is 1. The maximum Gasteiger partial charge on any atom is 0.231 e. The summed E-state index contributed by atoms with van der Waals surface area (Å²) < 4.78 is 1.61. The summed E-state index contributed by atoms with van der Waals surface area (Å²) in [5.74, 6) is 0.364. The van der Waals surface area contributed by atoms with Gasteiger partial charge in [0.1, 0.15) is 5.54 Å². The van der Waals surface area contributed by atoms with Crippen LogP contribution in [0, 0.1) is 17.2 Å². The van der Waals surface area contributed by atoms with E-state index in [1.54, 1.807) is 11.6 Å². The van der Waals surface area contributed by atoms with Gasteiger partial charge in [0, 0.05) is 0 Å². The molecule has 0 saturated heterocycles. The van der Waals surface area contributed by atoms with Crippen LogP contribution in [0.2, 0.25) is 0 Å². The van der Waals surface area contributed by atoms with Gasteiger partial charge >= 0.3 is 0 Å². The number of thioether (sulfide) groups is 1. The Labute approximate surface area is 158 Å². The van der Waals surface area contributed by atoms with Gasteiger partial charge in [-0.25, -0.2) is 0 Å². The van der Waals surface area contributed by atoms with Crippen molar-refractivity contribution in [2.75, 3.05) is 5.75 Å². The maximum absolute atomic E-state index is 12.2. The number of amides is 1. The van der Waals surface area contributed by atoms with Crippen LogP contribution in [-0.2, 0) is 4.79 Å². The average molecular weight is 372 g/mol. The fourth-order valence-corrected chi connectivity index (χ4v) is 2.88. The summed E-state index contributed by atoms with van der Waals surface area (Å²) in [7, 11) is 0. The Morgan fingerprint density at radius 3 is 2.50 bits per heavy atom. The van der Waals surface area contributed by atoms with Crippen molar-refractivity contribution in [3.8, 4) is 11.8 Å². The Balaban J connectivity index is 2.05. The highest BCUT2D eigenvalue weighted by atomic mass is 32.2. The molecule has 0 saturated carbocycles. The lowest BCUT2D eigenvalue weighted by Crippen LogP contribution is -2.49. The number of benzene rings is 1. The predicted octanol–water partition coefficient (Wildman–Crippen LogP) is 2.93.